The van der Waals surface area contributed by atoms with E-state index in [4.69, 9.17) is 4.74 Å². The molecule has 1 unspecified atom stereocenters. The first-order chi connectivity index (χ1) is 15.2. The topological polar surface area (TPSA) is 75.7 Å². The van der Waals surface area contributed by atoms with Crippen LogP contribution in [0.15, 0.2) is 78.9 Å². The number of sulfonamides is 1. The number of carbonyl (C=O) groups excluding carboxylic acids is 1. The van der Waals surface area contributed by atoms with Crippen molar-refractivity contribution in [1.82, 2.24) is 5.32 Å². The van der Waals surface area contributed by atoms with Crippen LogP contribution in [0.4, 0.5) is 10.1 Å². The predicted octanol–water partition coefficient (Wildman–Crippen LogP) is 4.13. The third kappa shape index (κ3) is 6.31. The van der Waals surface area contributed by atoms with Gasteiger partial charge >= 0.3 is 0 Å². The molecule has 0 bridgehead atoms. The SMILES string of the molecule is CC(C(=O)NCCc1ccc(F)cc1)N(c1ccc(Oc2ccccc2)cc1)S(C)(=O)=O. The highest BCUT2D eigenvalue weighted by molar-refractivity contribution is 7.92. The molecule has 0 saturated carbocycles. The molecule has 0 saturated heterocycles. The Kier molecular flexibility index (Phi) is 7.48. The van der Waals surface area contributed by atoms with E-state index >= 15 is 0 Å². The van der Waals surface area contributed by atoms with Crippen LogP contribution in [-0.4, -0.2) is 33.2 Å². The van der Waals surface area contributed by atoms with Crippen molar-refractivity contribution < 1.29 is 22.3 Å². The first kappa shape index (κ1) is 23.3. The summed E-state index contributed by atoms with van der Waals surface area (Å²) in [6, 6.07) is 20.8. The smallest absolute Gasteiger partial charge is 0.243 e. The molecule has 6 nitrogen and oxygen atoms in total. The molecule has 3 rings (SSSR count). The summed E-state index contributed by atoms with van der Waals surface area (Å²) in [5.74, 6) is 0.455. The van der Waals surface area contributed by atoms with Gasteiger partial charge in [-0.05, 0) is 67.4 Å². The number of anilines is 1. The number of para-hydroxylation sites is 1. The van der Waals surface area contributed by atoms with Gasteiger partial charge in [0.25, 0.3) is 0 Å². The fourth-order valence-electron chi connectivity index (χ4n) is 3.22. The van der Waals surface area contributed by atoms with Gasteiger partial charge < -0.3 is 10.1 Å². The zero-order valence-electron chi connectivity index (χ0n) is 17.9. The summed E-state index contributed by atoms with van der Waals surface area (Å²) in [6.07, 6.45) is 1.56. The Balaban J connectivity index is 1.67. The molecule has 0 spiro atoms. The summed E-state index contributed by atoms with van der Waals surface area (Å²) in [7, 11) is -3.73. The summed E-state index contributed by atoms with van der Waals surface area (Å²) in [6.45, 7) is 1.83. The van der Waals surface area contributed by atoms with Crippen molar-refractivity contribution in [2.75, 3.05) is 17.1 Å². The van der Waals surface area contributed by atoms with Crippen molar-refractivity contribution in [3.8, 4) is 11.5 Å². The minimum atomic E-state index is -3.73. The van der Waals surface area contributed by atoms with Crippen molar-refractivity contribution in [2.45, 2.75) is 19.4 Å². The van der Waals surface area contributed by atoms with E-state index in [0.717, 1.165) is 16.1 Å². The molecule has 1 amide bonds. The average Bonchev–Trinajstić information content (AvgIpc) is 2.76. The second kappa shape index (κ2) is 10.3. The number of nitrogens with one attached hydrogen (secondary N) is 1. The molecule has 0 aliphatic rings. The fraction of sp³-hybridized carbons (Fsp3) is 0.208. The summed E-state index contributed by atoms with van der Waals surface area (Å²) in [4.78, 5) is 12.7. The molecule has 0 heterocycles. The highest BCUT2D eigenvalue weighted by Gasteiger charge is 2.29. The van der Waals surface area contributed by atoms with Crippen LogP contribution >= 0.6 is 0 Å². The molecule has 1 N–H and O–H groups in total. The van der Waals surface area contributed by atoms with E-state index in [1.807, 2.05) is 30.3 Å². The number of hydrogen-bond donors (Lipinski definition) is 1. The molecule has 0 radical (unpaired) electrons. The van der Waals surface area contributed by atoms with E-state index in [-0.39, 0.29) is 5.82 Å². The summed E-state index contributed by atoms with van der Waals surface area (Å²) in [5.41, 5.74) is 1.22. The van der Waals surface area contributed by atoms with Crippen LogP contribution in [0.2, 0.25) is 0 Å². The van der Waals surface area contributed by atoms with E-state index in [1.165, 1.54) is 19.1 Å². The standard InChI is InChI=1S/C24H25FN2O4S/c1-18(24(28)26-17-16-19-8-10-20(25)11-9-19)27(32(2,29)30)21-12-14-23(15-13-21)31-22-6-4-3-5-7-22/h3-15,18H,16-17H2,1-2H3,(H,26,28). The van der Waals surface area contributed by atoms with E-state index in [9.17, 15) is 17.6 Å². The summed E-state index contributed by atoms with van der Waals surface area (Å²) >= 11 is 0. The molecule has 3 aromatic carbocycles. The zero-order valence-corrected chi connectivity index (χ0v) is 18.7. The van der Waals surface area contributed by atoms with Crippen LogP contribution in [0, 0.1) is 5.82 Å². The third-order valence-corrected chi connectivity index (χ3v) is 6.03. The second-order valence-electron chi connectivity index (χ2n) is 7.31. The molecular weight excluding hydrogens is 431 g/mol. The minimum Gasteiger partial charge on any atom is -0.457 e. The lowest BCUT2D eigenvalue weighted by Gasteiger charge is -2.28. The Labute approximate surface area is 187 Å². The molecule has 32 heavy (non-hydrogen) atoms. The number of ether oxygens (including phenoxy) is 1. The molecule has 0 aliphatic heterocycles. The number of carbonyl (C=O) groups is 1. The maximum atomic E-state index is 13.0. The van der Waals surface area contributed by atoms with Crippen molar-refractivity contribution in [3.63, 3.8) is 0 Å². The summed E-state index contributed by atoms with van der Waals surface area (Å²) < 4.78 is 44.7. The van der Waals surface area contributed by atoms with E-state index in [2.05, 4.69) is 5.32 Å². The van der Waals surface area contributed by atoms with E-state index in [1.54, 1.807) is 36.4 Å². The quantitative estimate of drug-likeness (QED) is 0.525. The maximum absolute atomic E-state index is 13.0. The lowest BCUT2D eigenvalue weighted by molar-refractivity contribution is -0.121. The van der Waals surface area contributed by atoms with Crippen molar-refractivity contribution in [1.29, 1.82) is 0 Å². The van der Waals surface area contributed by atoms with Crippen molar-refractivity contribution in [3.05, 3.63) is 90.2 Å². The van der Waals surface area contributed by atoms with E-state index < -0.39 is 22.0 Å². The second-order valence-corrected chi connectivity index (χ2v) is 9.17. The van der Waals surface area contributed by atoms with Gasteiger partial charge in [0.05, 0.1) is 11.9 Å². The average molecular weight is 457 g/mol. The maximum Gasteiger partial charge on any atom is 0.243 e. The molecule has 1 atom stereocenters. The van der Waals surface area contributed by atoms with Gasteiger partial charge in [-0.25, -0.2) is 12.8 Å². The van der Waals surface area contributed by atoms with Gasteiger partial charge in [-0.1, -0.05) is 30.3 Å². The molecule has 168 valence electrons. The van der Waals surface area contributed by atoms with Gasteiger partial charge in [-0.15, -0.1) is 0 Å². The summed E-state index contributed by atoms with van der Waals surface area (Å²) in [5, 5.41) is 2.75. The molecule has 3 aromatic rings. The predicted molar refractivity (Wildman–Crippen MR) is 123 cm³/mol. The minimum absolute atomic E-state index is 0.302. The number of benzene rings is 3. The normalized spacial score (nSPS) is 12.1. The number of rotatable bonds is 9. The van der Waals surface area contributed by atoms with Gasteiger partial charge in [0.1, 0.15) is 23.4 Å². The Morgan fingerprint density at radius 3 is 2.16 bits per heavy atom. The van der Waals surface area contributed by atoms with E-state index in [0.29, 0.717) is 30.2 Å². The van der Waals surface area contributed by atoms with Gasteiger partial charge in [-0.2, -0.15) is 0 Å². The number of halogens is 1. The Hall–Kier alpha value is -3.39. The first-order valence-electron chi connectivity index (χ1n) is 10.1. The van der Waals surface area contributed by atoms with Crippen LogP contribution in [-0.2, 0) is 21.2 Å². The number of amides is 1. The van der Waals surface area contributed by atoms with Crippen LogP contribution in [0.1, 0.15) is 12.5 Å². The molecule has 0 fully saturated rings. The number of nitrogens with zero attached hydrogens (tertiary/aromatic N) is 1. The van der Waals surface area contributed by atoms with Crippen molar-refractivity contribution in [2.24, 2.45) is 0 Å². The Bertz CT molecular complexity index is 1130. The third-order valence-electron chi connectivity index (χ3n) is 4.78. The van der Waals surface area contributed by atoms with Crippen molar-refractivity contribution >= 4 is 21.6 Å². The van der Waals surface area contributed by atoms with Crippen LogP contribution in [0.3, 0.4) is 0 Å². The largest absolute Gasteiger partial charge is 0.457 e. The lowest BCUT2D eigenvalue weighted by atomic mass is 10.1. The molecular formula is C24H25FN2O4S. The van der Waals surface area contributed by atoms with Gasteiger partial charge in [0, 0.05) is 6.54 Å². The van der Waals surface area contributed by atoms with Crippen LogP contribution in [0.5, 0.6) is 11.5 Å². The Morgan fingerprint density at radius 1 is 0.969 bits per heavy atom. The molecule has 8 heteroatoms. The van der Waals surface area contributed by atoms with Gasteiger partial charge in [-0.3, -0.25) is 9.10 Å². The monoisotopic (exact) mass is 456 g/mol. The fourth-order valence-corrected chi connectivity index (χ4v) is 4.40. The lowest BCUT2D eigenvalue weighted by Crippen LogP contribution is -2.48. The molecule has 0 aromatic heterocycles. The highest BCUT2D eigenvalue weighted by Crippen LogP contribution is 2.26. The van der Waals surface area contributed by atoms with Gasteiger partial charge in [0.15, 0.2) is 0 Å². The molecule has 0 aliphatic carbocycles. The van der Waals surface area contributed by atoms with Crippen LogP contribution in [0.25, 0.3) is 0 Å². The van der Waals surface area contributed by atoms with Gasteiger partial charge in [0.2, 0.25) is 15.9 Å². The van der Waals surface area contributed by atoms with Crippen LogP contribution < -0.4 is 14.4 Å². The highest BCUT2D eigenvalue weighted by atomic mass is 32.2. The number of hydrogen-bond acceptors (Lipinski definition) is 4. The zero-order chi connectivity index (χ0) is 23.1. The Morgan fingerprint density at radius 2 is 1.56 bits per heavy atom. The first-order valence-corrected chi connectivity index (χ1v) is 11.9.